The molecular weight excluding hydrogens is 383 g/mol. The summed E-state index contributed by atoms with van der Waals surface area (Å²) in [7, 11) is 0. The maximum atomic E-state index is 12.1. The molecule has 1 saturated heterocycles. The van der Waals surface area contributed by atoms with Crippen LogP contribution in [0, 0.1) is 0 Å². The number of nitrogens with zero attached hydrogens (tertiary/aromatic N) is 3. The Hall–Kier alpha value is -0.730. The van der Waals surface area contributed by atoms with Gasteiger partial charge in [-0.3, -0.25) is 4.99 Å². The smallest absolute Gasteiger partial charge is 0.410 e. The number of piperazine rings is 1. The van der Waals surface area contributed by atoms with Crippen LogP contribution >= 0.6 is 24.0 Å². The van der Waals surface area contributed by atoms with Crippen molar-refractivity contribution in [3.8, 4) is 0 Å². The summed E-state index contributed by atoms with van der Waals surface area (Å²) in [6.45, 7) is 11.7. The molecule has 7 heteroatoms. The number of rotatable bonds is 2. The van der Waals surface area contributed by atoms with Crippen molar-refractivity contribution >= 4 is 36.0 Å². The second-order valence-electron chi connectivity index (χ2n) is 6.36. The van der Waals surface area contributed by atoms with Crippen LogP contribution in [0.4, 0.5) is 4.79 Å². The zero-order valence-corrected chi connectivity index (χ0v) is 15.7. The van der Waals surface area contributed by atoms with E-state index in [-0.39, 0.29) is 36.1 Å². The van der Waals surface area contributed by atoms with E-state index in [0.717, 1.165) is 32.0 Å². The van der Waals surface area contributed by atoms with Crippen LogP contribution in [0.3, 0.4) is 0 Å². The molecule has 0 bridgehead atoms. The lowest BCUT2D eigenvalue weighted by Crippen LogP contribution is -2.57. The normalized spacial score (nSPS) is 21.3. The molecule has 1 unspecified atom stereocenters. The third-order valence-corrected chi connectivity index (χ3v) is 3.39. The highest BCUT2D eigenvalue weighted by Crippen LogP contribution is 2.18. The van der Waals surface area contributed by atoms with Gasteiger partial charge in [0, 0.05) is 26.2 Å². The van der Waals surface area contributed by atoms with Crippen molar-refractivity contribution in [3.05, 3.63) is 0 Å². The van der Waals surface area contributed by atoms with Gasteiger partial charge in [0.05, 0.1) is 12.6 Å². The van der Waals surface area contributed by atoms with Gasteiger partial charge in [-0.25, -0.2) is 4.79 Å². The van der Waals surface area contributed by atoms with Gasteiger partial charge in [0.1, 0.15) is 5.60 Å². The minimum atomic E-state index is -0.436. The zero-order chi connectivity index (χ0) is 14.8. The average molecular weight is 410 g/mol. The van der Waals surface area contributed by atoms with Crippen molar-refractivity contribution in [2.24, 2.45) is 4.99 Å². The summed E-state index contributed by atoms with van der Waals surface area (Å²) < 4.78 is 5.43. The van der Waals surface area contributed by atoms with Crippen molar-refractivity contribution in [2.75, 3.05) is 32.7 Å². The van der Waals surface area contributed by atoms with Gasteiger partial charge in [0.15, 0.2) is 5.96 Å². The fraction of sp³-hybridized carbons (Fsp3) is 0.857. The largest absolute Gasteiger partial charge is 0.444 e. The molecule has 0 radical (unpaired) electrons. The lowest BCUT2D eigenvalue weighted by atomic mass is 10.2. The van der Waals surface area contributed by atoms with Crippen LogP contribution in [-0.4, -0.2) is 66.2 Å². The predicted octanol–water partition coefficient (Wildman–Crippen LogP) is 1.89. The summed E-state index contributed by atoms with van der Waals surface area (Å²) >= 11 is 0. The van der Waals surface area contributed by atoms with Gasteiger partial charge in [-0.05, 0) is 27.2 Å². The molecule has 2 aliphatic rings. The van der Waals surface area contributed by atoms with Crippen LogP contribution < -0.4 is 5.32 Å². The molecule has 1 N–H and O–H groups in total. The first-order valence-corrected chi connectivity index (χ1v) is 7.43. The monoisotopic (exact) mass is 410 g/mol. The zero-order valence-electron chi connectivity index (χ0n) is 13.4. The number of aliphatic imine (C=N–C) groups is 1. The van der Waals surface area contributed by atoms with E-state index in [1.165, 1.54) is 0 Å². The van der Waals surface area contributed by atoms with Crippen LogP contribution in [0.1, 0.15) is 34.1 Å². The highest BCUT2D eigenvalue weighted by atomic mass is 127. The summed E-state index contributed by atoms with van der Waals surface area (Å²) in [5, 5.41) is 3.35. The Balaban J connectivity index is 0.00000220. The number of fused-ring (bicyclic) bond motifs is 1. The van der Waals surface area contributed by atoms with Crippen LogP contribution in [0.25, 0.3) is 0 Å². The van der Waals surface area contributed by atoms with E-state index in [4.69, 9.17) is 4.74 Å². The molecule has 6 nitrogen and oxygen atoms in total. The maximum Gasteiger partial charge on any atom is 0.410 e. The lowest BCUT2D eigenvalue weighted by molar-refractivity contribution is 0.0137. The van der Waals surface area contributed by atoms with Crippen LogP contribution in [0.15, 0.2) is 4.99 Å². The van der Waals surface area contributed by atoms with Gasteiger partial charge in [-0.2, -0.15) is 0 Å². The maximum absolute atomic E-state index is 12.1. The van der Waals surface area contributed by atoms with Crippen molar-refractivity contribution < 1.29 is 9.53 Å². The molecule has 1 fully saturated rings. The van der Waals surface area contributed by atoms with E-state index in [1.54, 1.807) is 4.90 Å². The minimum Gasteiger partial charge on any atom is -0.444 e. The fourth-order valence-corrected chi connectivity index (χ4v) is 2.46. The van der Waals surface area contributed by atoms with Gasteiger partial charge in [0.2, 0.25) is 0 Å². The Morgan fingerprint density at radius 1 is 1.43 bits per heavy atom. The van der Waals surface area contributed by atoms with Crippen LogP contribution in [0.2, 0.25) is 0 Å². The van der Waals surface area contributed by atoms with Gasteiger partial charge in [-0.15, -0.1) is 24.0 Å². The molecule has 2 heterocycles. The van der Waals surface area contributed by atoms with E-state index in [1.807, 2.05) is 20.8 Å². The van der Waals surface area contributed by atoms with Crippen LogP contribution in [0.5, 0.6) is 0 Å². The Kier molecular flexibility index (Phi) is 6.55. The Morgan fingerprint density at radius 3 is 2.76 bits per heavy atom. The molecule has 0 saturated carbocycles. The van der Waals surface area contributed by atoms with Crippen molar-refractivity contribution in [1.29, 1.82) is 0 Å². The predicted molar refractivity (Wildman–Crippen MR) is 94.3 cm³/mol. The molecule has 0 aliphatic carbocycles. The molecule has 0 aromatic heterocycles. The highest BCUT2D eigenvalue weighted by molar-refractivity contribution is 14.0. The summed E-state index contributed by atoms with van der Waals surface area (Å²) in [5.41, 5.74) is -0.436. The second-order valence-corrected chi connectivity index (χ2v) is 6.36. The Bertz CT molecular complexity index is 395. The lowest BCUT2D eigenvalue weighted by Gasteiger charge is -2.39. The first-order chi connectivity index (χ1) is 9.40. The molecular formula is C14H27IN4O2. The van der Waals surface area contributed by atoms with E-state index in [9.17, 15) is 4.79 Å². The summed E-state index contributed by atoms with van der Waals surface area (Å²) in [6, 6.07) is 0.288. The minimum absolute atomic E-state index is 0. The summed E-state index contributed by atoms with van der Waals surface area (Å²) in [5.74, 6) is 0.987. The number of nitrogens with one attached hydrogen (secondary N) is 1. The first kappa shape index (κ1) is 18.3. The van der Waals surface area contributed by atoms with E-state index < -0.39 is 5.60 Å². The third-order valence-electron chi connectivity index (χ3n) is 3.39. The molecule has 1 atom stereocenters. The number of guanidine groups is 1. The SMILES string of the molecule is CCCNC1=NCC2CN(C(=O)OC(C)(C)C)CCN12.I. The third kappa shape index (κ3) is 4.89. The molecule has 21 heavy (non-hydrogen) atoms. The van der Waals surface area contributed by atoms with Crippen LogP contribution in [-0.2, 0) is 4.74 Å². The Morgan fingerprint density at radius 2 is 2.14 bits per heavy atom. The summed E-state index contributed by atoms with van der Waals surface area (Å²) in [4.78, 5) is 20.7. The molecule has 0 aromatic rings. The topological polar surface area (TPSA) is 57.2 Å². The van der Waals surface area contributed by atoms with E-state index in [2.05, 4.69) is 22.1 Å². The van der Waals surface area contributed by atoms with Gasteiger partial charge >= 0.3 is 6.09 Å². The van der Waals surface area contributed by atoms with Crippen molar-refractivity contribution in [2.45, 2.75) is 45.8 Å². The number of amides is 1. The highest BCUT2D eigenvalue weighted by Gasteiger charge is 2.36. The van der Waals surface area contributed by atoms with Crippen molar-refractivity contribution in [1.82, 2.24) is 15.1 Å². The molecule has 0 spiro atoms. The molecule has 0 aromatic carbocycles. The fourth-order valence-electron chi connectivity index (χ4n) is 2.46. The second kappa shape index (κ2) is 7.51. The Labute approximate surface area is 144 Å². The van der Waals surface area contributed by atoms with Crippen molar-refractivity contribution in [3.63, 3.8) is 0 Å². The average Bonchev–Trinajstić information content (AvgIpc) is 2.76. The number of carbonyl (C=O) groups is 1. The molecule has 2 aliphatic heterocycles. The molecule has 1 amide bonds. The van der Waals surface area contributed by atoms with Gasteiger partial charge < -0.3 is 19.9 Å². The summed E-state index contributed by atoms with van der Waals surface area (Å²) in [6.07, 6.45) is 0.869. The number of hydrogen-bond acceptors (Lipinski definition) is 5. The number of halogens is 1. The molecule has 122 valence electrons. The van der Waals surface area contributed by atoms with E-state index >= 15 is 0 Å². The van der Waals surface area contributed by atoms with E-state index in [0.29, 0.717) is 13.1 Å². The quantitative estimate of drug-likeness (QED) is 0.707. The first-order valence-electron chi connectivity index (χ1n) is 7.43. The molecule has 2 rings (SSSR count). The standard InChI is InChI=1S/C14H26N4O2.HI/c1-5-6-15-12-16-9-11-10-17(7-8-18(11)12)13(19)20-14(2,3)4;/h11H,5-10H2,1-4H3,(H,15,16);1H. The number of hydrogen-bond donors (Lipinski definition) is 1. The number of carbonyl (C=O) groups excluding carboxylic acids is 1. The van der Waals surface area contributed by atoms with Gasteiger partial charge in [-0.1, -0.05) is 6.92 Å². The van der Waals surface area contributed by atoms with Gasteiger partial charge in [0.25, 0.3) is 0 Å². The number of ether oxygens (including phenoxy) is 1.